The number of hydrogen-bond donors (Lipinski definition) is 4. The summed E-state index contributed by atoms with van der Waals surface area (Å²) in [6.07, 6.45) is 3.98. The molecule has 3 aromatic heterocycles. The van der Waals surface area contributed by atoms with Crippen molar-refractivity contribution < 1.29 is 19.7 Å². The maximum Gasteiger partial charge on any atom is 0.409 e. The van der Waals surface area contributed by atoms with Gasteiger partial charge in [0, 0.05) is 27.4 Å². The number of H-pyrrole nitrogens is 1. The van der Waals surface area contributed by atoms with Gasteiger partial charge in [-0.2, -0.15) is 9.41 Å². The lowest BCUT2D eigenvalue weighted by atomic mass is 9.98. The zero-order chi connectivity index (χ0) is 26.4. The summed E-state index contributed by atoms with van der Waals surface area (Å²) < 4.78 is 2.16. The lowest BCUT2D eigenvalue weighted by molar-refractivity contribution is -0.620. The van der Waals surface area contributed by atoms with Gasteiger partial charge in [0.2, 0.25) is 11.3 Å². The number of imidazole rings is 1. The third-order valence-corrected chi connectivity index (χ3v) is 6.77. The maximum absolute atomic E-state index is 13.4. The number of amides is 1. The van der Waals surface area contributed by atoms with E-state index in [1.165, 1.54) is 17.2 Å². The molecule has 1 unspecified atom stereocenters. The average molecular weight is 531 g/mol. The molecule has 0 saturated heterocycles. The van der Waals surface area contributed by atoms with Gasteiger partial charge in [-0.1, -0.05) is 23.7 Å². The first-order valence-corrected chi connectivity index (χ1v) is 11.9. The summed E-state index contributed by atoms with van der Waals surface area (Å²) in [5.41, 5.74) is 2.96. The molecule has 1 aliphatic carbocycles. The number of halogens is 1. The molecule has 0 spiro atoms. The van der Waals surface area contributed by atoms with E-state index in [2.05, 4.69) is 30.8 Å². The third-order valence-electron chi connectivity index (χ3n) is 6.54. The van der Waals surface area contributed by atoms with Crippen LogP contribution in [0.5, 0.6) is 0 Å². The van der Waals surface area contributed by atoms with Crippen molar-refractivity contribution in [2.45, 2.75) is 18.4 Å². The van der Waals surface area contributed by atoms with E-state index in [1.54, 1.807) is 48.7 Å². The predicted molar refractivity (Wildman–Crippen MR) is 136 cm³/mol. The molecule has 6 rings (SSSR count). The number of aromatic nitrogens is 7. The molecule has 5 aromatic rings. The Morgan fingerprint density at radius 3 is 2.74 bits per heavy atom. The Bertz CT molecular complexity index is 1670. The van der Waals surface area contributed by atoms with Crippen LogP contribution in [0.15, 0.2) is 67.3 Å². The van der Waals surface area contributed by atoms with Crippen molar-refractivity contribution in [3.8, 4) is 28.1 Å². The molecule has 4 N–H and O–H groups in total. The largest absolute Gasteiger partial charge is 0.618 e. The van der Waals surface area contributed by atoms with Gasteiger partial charge in [-0.25, -0.2) is 9.78 Å². The lowest BCUT2D eigenvalue weighted by Gasteiger charge is -2.20. The van der Waals surface area contributed by atoms with Gasteiger partial charge in [0.05, 0.1) is 17.6 Å². The van der Waals surface area contributed by atoms with Crippen LogP contribution in [-0.2, 0) is 12.0 Å². The zero-order valence-electron chi connectivity index (χ0n) is 19.5. The molecule has 0 fully saturated rings. The zero-order valence-corrected chi connectivity index (χ0v) is 20.3. The highest BCUT2D eigenvalue weighted by Crippen LogP contribution is 2.41. The first-order chi connectivity index (χ1) is 18.3. The number of benzene rings is 2. The average Bonchev–Trinajstić information content (AvgIpc) is 3.65. The van der Waals surface area contributed by atoms with E-state index in [-0.39, 0.29) is 17.9 Å². The second-order valence-corrected chi connectivity index (χ2v) is 9.29. The molecular weight excluding hydrogens is 512 g/mol. The molecule has 0 bridgehead atoms. The first kappa shape index (κ1) is 23.6. The number of carbonyl (C=O) groups is 1. The van der Waals surface area contributed by atoms with Crippen LogP contribution in [0.4, 0.5) is 10.5 Å². The van der Waals surface area contributed by atoms with Crippen LogP contribution in [0, 0.1) is 5.21 Å². The Labute approximate surface area is 219 Å². The van der Waals surface area contributed by atoms with Crippen molar-refractivity contribution in [3.63, 3.8) is 0 Å². The number of pyridine rings is 1. The maximum atomic E-state index is 13.4. The molecule has 12 nitrogen and oxygen atoms in total. The van der Waals surface area contributed by atoms with Crippen molar-refractivity contribution in [1.29, 1.82) is 0 Å². The summed E-state index contributed by atoms with van der Waals surface area (Å²) in [5, 5.41) is 48.0. The van der Waals surface area contributed by atoms with Crippen molar-refractivity contribution in [2.75, 3.05) is 5.32 Å². The Hall–Kier alpha value is -4.81. The summed E-state index contributed by atoms with van der Waals surface area (Å²) in [6, 6.07) is 13.8. The number of tetrazole rings is 1. The van der Waals surface area contributed by atoms with E-state index in [4.69, 9.17) is 16.7 Å². The SMILES string of the molecule is O=C(O)Nc1ccc(-c2cnc(C3(O)CCc4cc(-c5cc(Cl)ccc5-n5cnnn5)c[n+]([O-])c43)[nH]2)cc1. The standard InChI is InChI=1S/C25H19ClN8O4/c26-17-3-6-21(33-13-28-31-32-33)19(10-17)16-9-15-7-8-25(37,22(15)34(38)12-16)23-27-11-20(30-23)14-1-4-18(5-2-14)29-24(35)36/h1-6,9-13,29,37H,7-8H2,(H,27,30)(H,35,36). The minimum atomic E-state index is -1.62. The normalized spacial score (nSPS) is 16.4. The molecule has 0 aliphatic heterocycles. The number of nitrogens with one attached hydrogen (secondary N) is 2. The summed E-state index contributed by atoms with van der Waals surface area (Å²) in [5.74, 6) is 0.244. The van der Waals surface area contributed by atoms with Crippen LogP contribution in [0.25, 0.3) is 28.1 Å². The fourth-order valence-electron chi connectivity index (χ4n) is 4.82. The summed E-state index contributed by atoms with van der Waals surface area (Å²) in [4.78, 5) is 18.3. The number of hydrogen-bond acceptors (Lipinski definition) is 7. The number of aliphatic hydroxyl groups is 1. The molecule has 0 radical (unpaired) electrons. The van der Waals surface area contributed by atoms with E-state index in [9.17, 15) is 15.1 Å². The van der Waals surface area contributed by atoms with E-state index in [0.717, 1.165) is 5.56 Å². The highest BCUT2D eigenvalue weighted by Gasteiger charge is 2.48. The summed E-state index contributed by atoms with van der Waals surface area (Å²) in [6.45, 7) is 0. The molecule has 2 aromatic carbocycles. The van der Waals surface area contributed by atoms with Crippen LogP contribution in [0.1, 0.15) is 23.5 Å². The van der Waals surface area contributed by atoms with Crippen molar-refractivity contribution in [3.05, 3.63) is 94.6 Å². The van der Waals surface area contributed by atoms with Crippen molar-refractivity contribution in [2.24, 2.45) is 0 Å². The van der Waals surface area contributed by atoms with Crippen LogP contribution in [-0.4, -0.2) is 46.5 Å². The van der Waals surface area contributed by atoms with Gasteiger partial charge in [0.25, 0.3) is 0 Å². The van der Waals surface area contributed by atoms with Gasteiger partial charge < -0.3 is 20.4 Å². The molecule has 1 atom stereocenters. The van der Waals surface area contributed by atoms with Crippen LogP contribution in [0.3, 0.4) is 0 Å². The smallest absolute Gasteiger partial charge is 0.409 e. The Morgan fingerprint density at radius 2 is 2.00 bits per heavy atom. The Morgan fingerprint density at radius 1 is 1.18 bits per heavy atom. The highest BCUT2D eigenvalue weighted by atomic mass is 35.5. The lowest BCUT2D eigenvalue weighted by Crippen LogP contribution is -2.42. The molecule has 3 heterocycles. The van der Waals surface area contributed by atoms with Gasteiger partial charge in [0.15, 0.2) is 6.20 Å². The van der Waals surface area contributed by atoms with E-state index < -0.39 is 11.7 Å². The number of nitrogens with zero attached hydrogens (tertiary/aromatic N) is 6. The fourth-order valence-corrected chi connectivity index (χ4v) is 4.99. The van der Waals surface area contributed by atoms with Crippen LogP contribution in [0.2, 0.25) is 5.02 Å². The topological polar surface area (TPSA) is 169 Å². The summed E-state index contributed by atoms with van der Waals surface area (Å²) in [7, 11) is 0. The highest BCUT2D eigenvalue weighted by molar-refractivity contribution is 6.31. The van der Waals surface area contributed by atoms with Crippen LogP contribution >= 0.6 is 11.6 Å². The number of fused-ring (bicyclic) bond motifs is 1. The molecule has 1 aliphatic rings. The minimum Gasteiger partial charge on any atom is -0.618 e. The number of anilines is 1. The second kappa shape index (κ2) is 8.94. The Kier molecular flexibility index (Phi) is 5.55. The predicted octanol–water partition coefficient (Wildman–Crippen LogP) is 3.28. The fraction of sp³-hybridized carbons (Fsp3) is 0.120. The number of rotatable bonds is 5. The van der Waals surface area contributed by atoms with Gasteiger partial charge in [-0.15, -0.1) is 5.10 Å². The number of aryl methyl sites for hydroxylation is 1. The first-order valence-electron chi connectivity index (χ1n) is 11.5. The van der Waals surface area contributed by atoms with E-state index in [0.29, 0.717) is 49.9 Å². The quantitative estimate of drug-likeness (QED) is 0.198. The molecule has 13 heteroatoms. The van der Waals surface area contributed by atoms with Gasteiger partial charge in [0.1, 0.15) is 12.2 Å². The minimum absolute atomic E-state index is 0.203. The molecule has 0 saturated carbocycles. The monoisotopic (exact) mass is 530 g/mol. The number of carboxylic acid groups (broad SMARTS) is 1. The summed E-state index contributed by atoms with van der Waals surface area (Å²) >= 11 is 6.27. The van der Waals surface area contributed by atoms with Gasteiger partial charge >= 0.3 is 6.09 Å². The van der Waals surface area contributed by atoms with Gasteiger partial charge in [-0.3, -0.25) is 5.32 Å². The van der Waals surface area contributed by atoms with Crippen LogP contribution < -0.4 is 10.0 Å². The second-order valence-electron chi connectivity index (χ2n) is 8.86. The van der Waals surface area contributed by atoms with Crippen molar-refractivity contribution >= 4 is 23.4 Å². The molecular formula is C25H19ClN8O4. The molecule has 190 valence electrons. The Balaban J connectivity index is 1.36. The van der Waals surface area contributed by atoms with E-state index in [1.807, 2.05) is 6.07 Å². The van der Waals surface area contributed by atoms with E-state index >= 15 is 0 Å². The molecule has 38 heavy (non-hydrogen) atoms. The number of aromatic amines is 1. The third kappa shape index (κ3) is 4.01. The molecule has 1 amide bonds. The van der Waals surface area contributed by atoms with Gasteiger partial charge in [-0.05, 0) is 65.2 Å². The van der Waals surface area contributed by atoms with Crippen molar-refractivity contribution in [1.82, 2.24) is 30.2 Å².